The van der Waals surface area contributed by atoms with E-state index in [2.05, 4.69) is 31.4 Å². The van der Waals surface area contributed by atoms with Crippen LogP contribution in [0.2, 0.25) is 0 Å². The van der Waals surface area contributed by atoms with E-state index in [0.29, 0.717) is 11.5 Å². The Morgan fingerprint density at radius 3 is 2.53 bits per heavy atom. The summed E-state index contributed by atoms with van der Waals surface area (Å²) in [5, 5.41) is 0. The van der Waals surface area contributed by atoms with Gasteiger partial charge < -0.3 is 0 Å². The molecule has 0 aromatic carbocycles. The van der Waals surface area contributed by atoms with Crippen LogP contribution in [0.15, 0.2) is 12.1 Å². The van der Waals surface area contributed by atoms with E-state index in [-0.39, 0.29) is 0 Å². The normalized spacial score (nSPS) is 21.8. The van der Waals surface area contributed by atoms with Gasteiger partial charge in [-0.05, 0) is 37.3 Å². The predicted molar refractivity (Wildman–Crippen MR) is 65.7 cm³/mol. The van der Waals surface area contributed by atoms with Crippen LogP contribution in [0.3, 0.4) is 0 Å². The zero-order valence-corrected chi connectivity index (χ0v) is 10.4. The van der Waals surface area contributed by atoms with Crippen molar-refractivity contribution in [1.29, 1.82) is 0 Å². The molecular weight excluding hydrogens is 204 g/mol. The van der Waals surface area contributed by atoms with Gasteiger partial charge >= 0.3 is 0 Å². The fourth-order valence-corrected chi connectivity index (χ4v) is 3.82. The van der Waals surface area contributed by atoms with Crippen molar-refractivity contribution in [1.82, 2.24) is 5.43 Å². The molecule has 2 rings (SSSR count). The largest absolute Gasteiger partial charge is 0.271 e. The summed E-state index contributed by atoms with van der Waals surface area (Å²) in [5.74, 6) is 5.74. The van der Waals surface area contributed by atoms with Gasteiger partial charge in [0.2, 0.25) is 0 Å². The van der Waals surface area contributed by atoms with Crippen molar-refractivity contribution in [3.63, 3.8) is 0 Å². The summed E-state index contributed by atoms with van der Waals surface area (Å²) in [6.45, 7) is 4.51. The second kappa shape index (κ2) is 4.24. The summed E-state index contributed by atoms with van der Waals surface area (Å²) >= 11 is 1.86. The van der Waals surface area contributed by atoms with Crippen LogP contribution in [0.5, 0.6) is 0 Å². The lowest BCUT2D eigenvalue weighted by molar-refractivity contribution is 0.228. The first-order valence-electron chi connectivity index (χ1n) is 5.68. The van der Waals surface area contributed by atoms with Crippen molar-refractivity contribution < 1.29 is 0 Å². The first-order chi connectivity index (χ1) is 7.15. The first kappa shape index (κ1) is 11.1. The van der Waals surface area contributed by atoms with Gasteiger partial charge in [-0.1, -0.05) is 19.8 Å². The summed E-state index contributed by atoms with van der Waals surface area (Å²) in [6.07, 6.45) is 5.27. The Labute approximate surface area is 95.8 Å². The highest BCUT2D eigenvalue weighted by Crippen LogP contribution is 2.48. The Hall–Kier alpha value is -0.380. The van der Waals surface area contributed by atoms with E-state index in [1.807, 2.05) is 11.3 Å². The minimum absolute atomic E-state index is 0.332. The molecule has 1 fully saturated rings. The minimum atomic E-state index is 0.332. The summed E-state index contributed by atoms with van der Waals surface area (Å²) in [7, 11) is 0. The Morgan fingerprint density at radius 1 is 1.40 bits per heavy atom. The number of nitrogens with two attached hydrogens (primary N) is 1. The fourth-order valence-electron chi connectivity index (χ4n) is 2.71. The van der Waals surface area contributed by atoms with E-state index in [4.69, 9.17) is 5.84 Å². The third-order valence-electron chi connectivity index (χ3n) is 3.66. The first-order valence-corrected chi connectivity index (χ1v) is 6.50. The van der Waals surface area contributed by atoms with Crippen LogP contribution in [-0.2, 0) is 0 Å². The fraction of sp³-hybridized carbons (Fsp3) is 0.667. The Kier molecular flexibility index (Phi) is 3.14. The second-order valence-electron chi connectivity index (χ2n) is 4.91. The average molecular weight is 224 g/mol. The number of rotatable bonds is 3. The van der Waals surface area contributed by atoms with Crippen molar-refractivity contribution in [3.8, 4) is 0 Å². The van der Waals surface area contributed by atoms with Crippen molar-refractivity contribution in [3.05, 3.63) is 21.9 Å². The lowest BCUT2D eigenvalue weighted by Crippen LogP contribution is -2.38. The van der Waals surface area contributed by atoms with E-state index in [1.54, 1.807) is 0 Å². The monoisotopic (exact) mass is 224 g/mol. The molecule has 1 atom stereocenters. The molecule has 0 amide bonds. The zero-order valence-electron chi connectivity index (χ0n) is 9.55. The average Bonchev–Trinajstić information content (AvgIpc) is 2.78. The maximum absolute atomic E-state index is 5.74. The van der Waals surface area contributed by atoms with E-state index < -0.39 is 0 Å². The third kappa shape index (κ3) is 2.10. The Balaban J connectivity index is 2.23. The SMILES string of the molecule is Cc1ccc(C(NN)C2(C)CCCC2)s1. The van der Waals surface area contributed by atoms with Crippen molar-refractivity contribution in [2.24, 2.45) is 11.3 Å². The van der Waals surface area contributed by atoms with Gasteiger partial charge in [-0.3, -0.25) is 11.3 Å². The molecule has 2 nitrogen and oxygen atoms in total. The van der Waals surface area contributed by atoms with Gasteiger partial charge in [-0.25, -0.2) is 0 Å². The summed E-state index contributed by atoms with van der Waals surface area (Å²) < 4.78 is 0. The number of aryl methyl sites for hydroxylation is 1. The van der Waals surface area contributed by atoms with Gasteiger partial charge in [0.1, 0.15) is 0 Å². The number of hydrogen-bond donors (Lipinski definition) is 2. The molecule has 0 saturated heterocycles. The van der Waals surface area contributed by atoms with E-state index in [1.165, 1.54) is 35.4 Å². The highest BCUT2D eigenvalue weighted by atomic mass is 32.1. The number of nitrogens with one attached hydrogen (secondary N) is 1. The number of hydrazine groups is 1. The second-order valence-corrected chi connectivity index (χ2v) is 6.23. The van der Waals surface area contributed by atoms with Crippen LogP contribution >= 0.6 is 11.3 Å². The van der Waals surface area contributed by atoms with Crippen LogP contribution in [0.1, 0.15) is 48.4 Å². The lowest BCUT2D eigenvalue weighted by Gasteiger charge is -2.32. The zero-order chi connectivity index (χ0) is 10.9. The molecule has 1 aromatic heterocycles. The molecule has 1 unspecified atom stereocenters. The topological polar surface area (TPSA) is 38.0 Å². The van der Waals surface area contributed by atoms with E-state index in [9.17, 15) is 0 Å². The number of hydrogen-bond acceptors (Lipinski definition) is 3. The van der Waals surface area contributed by atoms with E-state index >= 15 is 0 Å². The molecule has 1 aliphatic carbocycles. The molecule has 3 heteroatoms. The summed E-state index contributed by atoms with van der Waals surface area (Å²) in [4.78, 5) is 2.76. The quantitative estimate of drug-likeness (QED) is 0.611. The van der Waals surface area contributed by atoms with Gasteiger partial charge in [0.15, 0.2) is 0 Å². The van der Waals surface area contributed by atoms with Crippen molar-refractivity contribution in [2.75, 3.05) is 0 Å². The van der Waals surface area contributed by atoms with Crippen LogP contribution < -0.4 is 11.3 Å². The predicted octanol–water partition coefficient (Wildman–Crippen LogP) is 3.14. The van der Waals surface area contributed by atoms with Crippen LogP contribution in [0.4, 0.5) is 0 Å². The molecule has 15 heavy (non-hydrogen) atoms. The molecule has 0 bridgehead atoms. The highest BCUT2D eigenvalue weighted by molar-refractivity contribution is 7.12. The molecule has 0 aliphatic heterocycles. The Bertz CT molecular complexity index is 326. The molecule has 1 saturated carbocycles. The van der Waals surface area contributed by atoms with Gasteiger partial charge in [0.25, 0.3) is 0 Å². The maximum atomic E-state index is 5.74. The maximum Gasteiger partial charge on any atom is 0.0606 e. The van der Waals surface area contributed by atoms with Gasteiger partial charge in [0.05, 0.1) is 6.04 Å². The van der Waals surface area contributed by atoms with Gasteiger partial charge in [-0.15, -0.1) is 11.3 Å². The Morgan fingerprint density at radius 2 is 2.07 bits per heavy atom. The standard InChI is InChI=1S/C12H20N2S/c1-9-5-6-10(15-9)11(14-13)12(2)7-3-4-8-12/h5-6,11,14H,3-4,7-8,13H2,1-2H3. The van der Waals surface area contributed by atoms with Gasteiger partial charge in [0, 0.05) is 9.75 Å². The molecule has 0 radical (unpaired) electrons. The molecule has 1 aliphatic rings. The van der Waals surface area contributed by atoms with E-state index in [0.717, 1.165) is 0 Å². The van der Waals surface area contributed by atoms with Crippen molar-refractivity contribution in [2.45, 2.75) is 45.6 Å². The molecule has 1 aromatic rings. The minimum Gasteiger partial charge on any atom is -0.271 e. The van der Waals surface area contributed by atoms with Crippen molar-refractivity contribution >= 4 is 11.3 Å². The number of thiophene rings is 1. The molecule has 3 N–H and O–H groups in total. The van der Waals surface area contributed by atoms with Crippen LogP contribution in [0.25, 0.3) is 0 Å². The third-order valence-corrected chi connectivity index (χ3v) is 4.72. The lowest BCUT2D eigenvalue weighted by atomic mass is 9.80. The molecule has 0 spiro atoms. The summed E-state index contributed by atoms with van der Waals surface area (Å²) in [5.41, 5.74) is 3.38. The van der Waals surface area contributed by atoms with Gasteiger partial charge in [-0.2, -0.15) is 0 Å². The van der Waals surface area contributed by atoms with Crippen LogP contribution in [0, 0.1) is 12.3 Å². The van der Waals surface area contributed by atoms with Crippen LogP contribution in [-0.4, -0.2) is 0 Å². The molecule has 1 heterocycles. The smallest absolute Gasteiger partial charge is 0.0606 e. The molecule has 84 valence electrons. The highest BCUT2D eigenvalue weighted by Gasteiger charge is 2.37. The summed E-state index contributed by atoms with van der Waals surface area (Å²) in [6, 6.07) is 4.73. The molecular formula is C12H20N2S.